The highest BCUT2D eigenvalue weighted by atomic mass is 79.9. The minimum Gasteiger partial charge on any atom is -0.485 e. The van der Waals surface area contributed by atoms with Crippen LogP contribution in [0.3, 0.4) is 0 Å². The second-order valence-electron chi connectivity index (χ2n) is 4.43. The zero-order valence-electron chi connectivity index (χ0n) is 9.72. The molecule has 0 aliphatic heterocycles. The smallest absolute Gasteiger partial charge is 0.173 e. The number of halogens is 3. The predicted molar refractivity (Wildman–Crippen MR) is 71.6 cm³/mol. The minimum atomic E-state index is -0.553. The zero-order chi connectivity index (χ0) is 13.1. The Morgan fingerprint density at radius 3 is 2.78 bits per heavy atom. The molecule has 0 heterocycles. The van der Waals surface area contributed by atoms with Crippen molar-refractivity contribution in [3.63, 3.8) is 0 Å². The lowest BCUT2D eigenvalue weighted by molar-refractivity contribution is -0.124. The van der Waals surface area contributed by atoms with E-state index in [1.165, 1.54) is 12.1 Å². The van der Waals surface area contributed by atoms with Gasteiger partial charge in [-0.1, -0.05) is 24.4 Å². The van der Waals surface area contributed by atoms with Crippen molar-refractivity contribution in [2.75, 3.05) is 6.61 Å². The molecule has 0 amide bonds. The first-order chi connectivity index (χ1) is 8.58. The first-order valence-corrected chi connectivity index (χ1v) is 7.05. The molecule has 1 aliphatic carbocycles. The monoisotopic (exact) mass is 334 g/mol. The van der Waals surface area contributed by atoms with Crippen LogP contribution in [0.25, 0.3) is 0 Å². The van der Waals surface area contributed by atoms with Crippen LogP contribution in [0, 0.1) is 11.7 Å². The van der Waals surface area contributed by atoms with Gasteiger partial charge in [-0.15, -0.1) is 0 Å². The number of ketones is 1. The van der Waals surface area contributed by atoms with Crippen LogP contribution in [0.5, 0.6) is 5.75 Å². The van der Waals surface area contributed by atoms with E-state index < -0.39 is 5.82 Å². The molecule has 1 aromatic rings. The van der Waals surface area contributed by atoms with E-state index in [2.05, 4.69) is 15.9 Å². The van der Waals surface area contributed by atoms with Gasteiger partial charge in [-0.2, -0.15) is 0 Å². The van der Waals surface area contributed by atoms with E-state index in [9.17, 15) is 9.18 Å². The summed E-state index contributed by atoms with van der Waals surface area (Å²) in [6, 6.07) is 2.61. The fourth-order valence-electron chi connectivity index (χ4n) is 2.13. The fraction of sp³-hybridized carbons (Fsp3) is 0.462. The van der Waals surface area contributed by atoms with Gasteiger partial charge in [0.05, 0.1) is 9.50 Å². The third-order valence-corrected chi connectivity index (χ3v) is 4.06. The molecule has 5 heteroatoms. The SMILES string of the molecule is O=C(COc1cc(F)c(Cl)cc1Br)C1CCCC1. The minimum absolute atomic E-state index is 0.00958. The maximum atomic E-state index is 13.3. The van der Waals surface area contributed by atoms with E-state index >= 15 is 0 Å². The molecular formula is C13H13BrClFO2. The number of carbonyl (C=O) groups is 1. The molecule has 1 fully saturated rings. The average Bonchev–Trinajstić information content (AvgIpc) is 2.85. The molecule has 1 aliphatic rings. The van der Waals surface area contributed by atoms with Crippen LogP contribution in [-0.2, 0) is 4.79 Å². The van der Waals surface area contributed by atoms with Gasteiger partial charge in [0.25, 0.3) is 0 Å². The number of Topliss-reactive ketones (excluding diaryl/α,β-unsaturated/α-hetero) is 1. The Labute approximate surface area is 119 Å². The number of ether oxygens (including phenoxy) is 1. The lowest BCUT2D eigenvalue weighted by Crippen LogP contribution is -2.19. The second kappa shape index (κ2) is 6.02. The lowest BCUT2D eigenvalue weighted by atomic mass is 10.0. The summed E-state index contributed by atoms with van der Waals surface area (Å²) in [5.41, 5.74) is 0. The quantitative estimate of drug-likeness (QED) is 0.763. The van der Waals surface area contributed by atoms with E-state index in [1.807, 2.05) is 0 Å². The largest absolute Gasteiger partial charge is 0.485 e. The molecule has 98 valence electrons. The van der Waals surface area contributed by atoms with E-state index in [1.54, 1.807) is 0 Å². The van der Waals surface area contributed by atoms with Crippen molar-refractivity contribution in [3.05, 3.63) is 27.4 Å². The topological polar surface area (TPSA) is 26.3 Å². The van der Waals surface area contributed by atoms with E-state index in [4.69, 9.17) is 16.3 Å². The summed E-state index contributed by atoms with van der Waals surface area (Å²) in [4.78, 5) is 11.8. The van der Waals surface area contributed by atoms with Gasteiger partial charge in [0.1, 0.15) is 18.2 Å². The first kappa shape index (κ1) is 13.8. The van der Waals surface area contributed by atoms with Gasteiger partial charge in [-0.25, -0.2) is 4.39 Å². The number of hydrogen-bond acceptors (Lipinski definition) is 2. The molecule has 0 atom stereocenters. The van der Waals surface area contributed by atoms with Gasteiger partial charge >= 0.3 is 0 Å². The summed E-state index contributed by atoms with van der Waals surface area (Å²) in [7, 11) is 0. The Balaban J connectivity index is 1.97. The predicted octanol–water partition coefficient (Wildman–Crippen LogP) is 4.38. The summed E-state index contributed by atoms with van der Waals surface area (Å²) in [5.74, 6) is -0.0397. The molecule has 0 radical (unpaired) electrons. The van der Waals surface area contributed by atoms with Crippen molar-refractivity contribution >= 4 is 33.3 Å². The Hall–Kier alpha value is -0.610. The van der Waals surface area contributed by atoms with E-state index in [-0.39, 0.29) is 23.3 Å². The van der Waals surface area contributed by atoms with Crippen molar-refractivity contribution in [3.8, 4) is 5.75 Å². The van der Waals surface area contributed by atoms with E-state index in [0.29, 0.717) is 10.2 Å². The Morgan fingerprint density at radius 1 is 1.44 bits per heavy atom. The Bertz CT molecular complexity index is 459. The van der Waals surface area contributed by atoms with Crippen LogP contribution in [-0.4, -0.2) is 12.4 Å². The molecule has 1 saturated carbocycles. The van der Waals surface area contributed by atoms with Gasteiger partial charge < -0.3 is 4.74 Å². The van der Waals surface area contributed by atoms with Crippen molar-refractivity contribution in [1.82, 2.24) is 0 Å². The van der Waals surface area contributed by atoms with Crippen LogP contribution >= 0.6 is 27.5 Å². The third kappa shape index (κ3) is 3.23. The molecule has 0 bridgehead atoms. The van der Waals surface area contributed by atoms with Crippen LogP contribution < -0.4 is 4.74 Å². The van der Waals surface area contributed by atoms with Crippen molar-refractivity contribution in [1.29, 1.82) is 0 Å². The van der Waals surface area contributed by atoms with Crippen molar-refractivity contribution in [2.24, 2.45) is 5.92 Å². The third-order valence-electron chi connectivity index (χ3n) is 3.16. The average molecular weight is 336 g/mol. The molecule has 0 aromatic heterocycles. The van der Waals surface area contributed by atoms with Gasteiger partial charge in [0.2, 0.25) is 0 Å². The molecule has 0 unspecified atom stereocenters. The summed E-state index contributed by atoms with van der Waals surface area (Å²) >= 11 is 8.85. The highest BCUT2D eigenvalue weighted by Gasteiger charge is 2.23. The maximum absolute atomic E-state index is 13.3. The Kier molecular flexibility index (Phi) is 4.62. The highest BCUT2D eigenvalue weighted by Crippen LogP contribution is 2.31. The van der Waals surface area contributed by atoms with Crippen LogP contribution in [0.2, 0.25) is 5.02 Å². The molecule has 2 nitrogen and oxygen atoms in total. The zero-order valence-corrected chi connectivity index (χ0v) is 12.1. The Morgan fingerprint density at radius 2 is 2.11 bits per heavy atom. The molecular weight excluding hydrogens is 322 g/mol. The maximum Gasteiger partial charge on any atom is 0.173 e. The number of rotatable bonds is 4. The summed E-state index contributed by atoms with van der Waals surface area (Å²) < 4.78 is 19.2. The molecule has 18 heavy (non-hydrogen) atoms. The van der Waals surface area contributed by atoms with Gasteiger partial charge in [-0.3, -0.25) is 4.79 Å². The highest BCUT2D eigenvalue weighted by molar-refractivity contribution is 9.10. The fourth-order valence-corrected chi connectivity index (χ4v) is 2.88. The summed E-state index contributed by atoms with van der Waals surface area (Å²) in [5, 5.41) is 0.0244. The molecule has 0 spiro atoms. The van der Waals surface area contributed by atoms with Crippen molar-refractivity contribution < 1.29 is 13.9 Å². The number of benzene rings is 1. The van der Waals surface area contributed by atoms with Crippen LogP contribution in [0.4, 0.5) is 4.39 Å². The molecule has 0 saturated heterocycles. The molecule has 1 aromatic carbocycles. The second-order valence-corrected chi connectivity index (χ2v) is 5.69. The van der Waals surface area contributed by atoms with Gasteiger partial charge in [0, 0.05) is 12.0 Å². The standard InChI is InChI=1S/C13H13BrClFO2/c14-9-5-10(15)11(16)6-13(9)18-7-12(17)8-3-1-2-4-8/h5-6,8H,1-4,7H2. The molecule has 2 rings (SSSR count). The van der Waals surface area contributed by atoms with E-state index in [0.717, 1.165) is 25.7 Å². The molecule has 0 N–H and O–H groups in total. The van der Waals surface area contributed by atoms with Crippen LogP contribution in [0.15, 0.2) is 16.6 Å². The summed E-state index contributed by atoms with van der Waals surface area (Å²) in [6.07, 6.45) is 4.10. The van der Waals surface area contributed by atoms with Crippen LogP contribution in [0.1, 0.15) is 25.7 Å². The first-order valence-electron chi connectivity index (χ1n) is 5.88. The van der Waals surface area contributed by atoms with Gasteiger partial charge in [-0.05, 0) is 34.8 Å². The summed E-state index contributed by atoms with van der Waals surface area (Å²) in [6.45, 7) is -0.00958. The number of hydrogen-bond donors (Lipinski definition) is 0. The van der Waals surface area contributed by atoms with Crippen molar-refractivity contribution in [2.45, 2.75) is 25.7 Å². The lowest BCUT2D eigenvalue weighted by Gasteiger charge is -2.11. The number of carbonyl (C=O) groups excluding carboxylic acids is 1. The van der Waals surface area contributed by atoms with Gasteiger partial charge in [0.15, 0.2) is 5.78 Å². The normalized spacial score (nSPS) is 15.9.